The van der Waals surface area contributed by atoms with E-state index in [0.717, 1.165) is 11.4 Å². The summed E-state index contributed by atoms with van der Waals surface area (Å²) in [6.45, 7) is 4.08. The fourth-order valence-corrected chi connectivity index (χ4v) is 1.98. The molecule has 0 amide bonds. The second-order valence-corrected chi connectivity index (χ2v) is 4.25. The Kier molecular flexibility index (Phi) is 2.78. The number of aromatic hydroxyl groups is 1. The number of phenolic OH excluding ortho intramolecular Hbond substituents is 1. The fourth-order valence-electron chi connectivity index (χ4n) is 1.63. The monoisotopic (exact) mass is 235 g/mol. The topological polar surface area (TPSA) is 53.8 Å². The van der Waals surface area contributed by atoms with Crippen molar-refractivity contribution in [2.45, 2.75) is 19.9 Å². The van der Waals surface area contributed by atoms with Crippen LogP contribution in [0, 0.1) is 4.77 Å². The van der Waals surface area contributed by atoms with Crippen LogP contribution in [-0.4, -0.2) is 19.9 Å². The summed E-state index contributed by atoms with van der Waals surface area (Å²) in [4.78, 5) is 0. The average Bonchev–Trinajstić information content (AvgIpc) is 2.60. The Balaban J connectivity index is 2.61. The average molecular weight is 235 g/mol. The predicted octanol–water partition coefficient (Wildman–Crippen LogP) is 2.89. The highest BCUT2D eigenvalue weighted by molar-refractivity contribution is 7.71. The molecule has 0 fully saturated rings. The molecular formula is C11H13N3OS. The molecule has 0 saturated carbocycles. The van der Waals surface area contributed by atoms with E-state index in [1.54, 1.807) is 18.2 Å². The molecule has 2 N–H and O–H groups in total. The summed E-state index contributed by atoms with van der Waals surface area (Å²) >= 11 is 5.16. The van der Waals surface area contributed by atoms with Crippen molar-refractivity contribution in [1.82, 2.24) is 14.8 Å². The van der Waals surface area contributed by atoms with Crippen molar-refractivity contribution in [3.8, 4) is 17.1 Å². The number of H-pyrrole nitrogens is 1. The molecule has 1 aromatic heterocycles. The summed E-state index contributed by atoms with van der Waals surface area (Å²) in [5.74, 6) is 0.970. The summed E-state index contributed by atoms with van der Waals surface area (Å²) < 4.78 is 2.51. The van der Waals surface area contributed by atoms with Gasteiger partial charge in [0, 0.05) is 11.6 Å². The van der Waals surface area contributed by atoms with Crippen molar-refractivity contribution in [1.29, 1.82) is 0 Å². The Morgan fingerprint density at radius 2 is 2.19 bits per heavy atom. The number of aromatic nitrogens is 3. The summed E-state index contributed by atoms with van der Waals surface area (Å²) in [6, 6.07) is 7.20. The Morgan fingerprint density at radius 3 is 2.81 bits per heavy atom. The van der Waals surface area contributed by atoms with Gasteiger partial charge in [-0.25, -0.2) is 0 Å². The largest absolute Gasteiger partial charge is 0.508 e. The van der Waals surface area contributed by atoms with Crippen LogP contribution in [0.4, 0.5) is 0 Å². The zero-order valence-electron chi connectivity index (χ0n) is 9.14. The predicted molar refractivity (Wildman–Crippen MR) is 64.9 cm³/mol. The van der Waals surface area contributed by atoms with E-state index in [0.29, 0.717) is 4.77 Å². The summed E-state index contributed by atoms with van der Waals surface area (Å²) in [7, 11) is 0. The molecule has 0 spiro atoms. The second-order valence-electron chi connectivity index (χ2n) is 3.87. The first-order chi connectivity index (χ1) is 7.59. The normalized spacial score (nSPS) is 10.9. The molecule has 16 heavy (non-hydrogen) atoms. The van der Waals surface area contributed by atoms with Gasteiger partial charge in [0.25, 0.3) is 0 Å². The van der Waals surface area contributed by atoms with Crippen LogP contribution in [0.15, 0.2) is 24.3 Å². The third-order valence-corrected chi connectivity index (χ3v) is 2.61. The number of nitrogens with one attached hydrogen (secondary N) is 1. The number of hydrogen-bond donors (Lipinski definition) is 2. The van der Waals surface area contributed by atoms with Crippen molar-refractivity contribution in [3.05, 3.63) is 29.0 Å². The van der Waals surface area contributed by atoms with Gasteiger partial charge >= 0.3 is 0 Å². The first-order valence-corrected chi connectivity index (χ1v) is 5.46. The molecule has 4 nitrogen and oxygen atoms in total. The van der Waals surface area contributed by atoms with E-state index in [9.17, 15) is 5.11 Å². The van der Waals surface area contributed by atoms with Crippen LogP contribution < -0.4 is 0 Å². The highest BCUT2D eigenvalue weighted by atomic mass is 32.1. The number of rotatable bonds is 2. The molecule has 84 valence electrons. The van der Waals surface area contributed by atoms with Gasteiger partial charge in [0.05, 0.1) is 0 Å². The first-order valence-electron chi connectivity index (χ1n) is 5.06. The summed E-state index contributed by atoms with van der Waals surface area (Å²) in [5.41, 5.74) is 0.848. The molecule has 0 atom stereocenters. The van der Waals surface area contributed by atoms with Crippen LogP contribution in [0.25, 0.3) is 11.4 Å². The number of nitrogens with zero attached hydrogens (tertiary/aromatic N) is 2. The first kappa shape index (κ1) is 10.9. The number of aromatic amines is 1. The van der Waals surface area contributed by atoms with Gasteiger partial charge in [-0.05, 0) is 38.2 Å². The maximum atomic E-state index is 9.44. The van der Waals surface area contributed by atoms with Crippen LogP contribution in [0.3, 0.4) is 0 Å². The highest BCUT2D eigenvalue weighted by Crippen LogP contribution is 2.23. The molecule has 0 saturated heterocycles. The SMILES string of the molecule is CC(C)n1c(-c2cccc(O)c2)n[nH]c1=S. The van der Waals surface area contributed by atoms with Crippen molar-refractivity contribution < 1.29 is 5.11 Å². The molecule has 0 unspecified atom stereocenters. The maximum absolute atomic E-state index is 9.44. The molecule has 0 radical (unpaired) electrons. The minimum absolute atomic E-state index is 0.224. The minimum Gasteiger partial charge on any atom is -0.508 e. The molecular weight excluding hydrogens is 222 g/mol. The van der Waals surface area contributed by atoms with E-state index in [4.69, 9.17) is 12.2 Å². The van der Waals surface area contributed by atoms with E-state index < -0.39 is 0 Å². The molecule has 1 aromatic carbocycles. The van der Waals surface area contributed by atoms with E-state index >= 15 is 0 Å². The smallest absolute Gasteiger partial charge is 0.195 e. The van der Waals surface area contributed by atoms with Crippen molar-refractivity contribution >= 4 is 12.2 Å². The lowest BCUT2D eigenvalue weighted by molar-refractivity contribution is 0.475. The van der Waals surface area contributed by atoms with E-state index in [1.807, 2.05) is 24.5 Å². The summed E-state index contributed by atoms with van der Waals surface area (Å²) in [5, 5.41) is 16.4. The van der Waals surface area contributed by atoms with Gasteiger partial charge in [-0.1, -0.05) is 12.1 Å². The lowest BCUT2D eigenvalue weighted by Crippen LogP contribution is -2.03. The van der Waals surface area contributed by atoms with Crippen LogP contribution in [0.5, 0.6) is 5.75 Å². The molecule has 1 heterocycles. The van der Waals surface area contributed by atoms with Crippen LogP contribution in [-0.2, 0) is 0 Å². The van der Waals surface area contributed by atoms with Gasteiger partial charge in [0.2, 0.25) is 0 Å². The Hall–Kier alpha value is -1.62. The van der Waals surface area contributed by atoms with Gasteiger partial charge in [0.15, 0.2) is 10.6 Å². The van der Waals surface area contributed by atoms with E-state index in [1.165, 1.54) is 0 Å². The zero-order valence-corrected chi connectivity index (χ0v) is 9.95. The zero-order chi connectivity index (χ0) is 11.7. The highest BCUT2D eigenvalue weighted by Gasteiger charge is 2.11. The van der Waals surface area contributed by atoms with Crippen molar-refractivity contribution in [2.24, 2.45) is 0 Å². The lowest BCUT2D eigenvalue weighted by atomic mass is 10.2. The maximum Gasteiger partial charge on any atom is 0.195 e. The van der Waals surface area contributed by atoms with E-state index in [2.05, 4.69) is 10.2 Å². The van der Waals surface area contributed by atoms with Gasteiger partial charge < -0.3 is 5.11 Å². The lowest BCUT2D eigenvalue weighted by Gasteiger charge is -2.10. The van der Waals surface area contributed by atoms with Crippen molar-refractivity contribution in [3.63, 3.8) is 0 Å². The van der Waals surface area contributed by atoms with Crippen LogP contribution in [0.1, 0.15) is 19.9 Å². The fraction of sp³-hybridized carbons (Fsp3) is 0.273. The second kappa shape index (κ2) is 4.09. The molecule has 2 aromatic rings. The summed E-state index contributed by atoms with van der Waals surface area (Å²) in [6.07, 6.45) is 0. The van der Waals surface area contributed by atoms with Gasteiger partial charge in [-0.2, -0.15) is 5.10 Å². The molecule has 0 aliphatic carbocycles. The Labute approximate surface area is 98.6 Å². The van der Waals surface area contributed by atoms with E-state index in [-0.39, 0.29) is 11.8 Å². The van der Waals surface area contributed by atoms with Gasteiger partial charge in [0.1, 0.15) is 5.75 Å². The molecule has 2 rings (SSSR count). The Morgan fingerprint density at radius 1 is 1.44 bits per heavy atom. The third-order valence-electron chi connectivity index (χ3n) is 2.33. The number of hydrogen-bond acceptors (Lipinski definition) is 3. The van der Waals surface area contributed by atoms with Gasteiger partial charge in [-0.15, -0.1) is 0 Å². The quantitative estimate of drug-likeness (QED) is 0.787. The number of benzene rings is 1. The molecule has 0 bridgehead atoms. The third kappa shape index (κ3) is 1.86. The molecule has 5 heteroatoms. The van der Waals surface area contributed by atoms with Gasteiger partial charge in [-0.3, -0.25) is 9.67 Å². The Bertz CT molecular complexity index is 556. The van der Waals surface area contributed by atoms with Crippen LogP contribution in [0.2, 0.25) is 0 Å². The van der Waals surface area contributed by atoms with Crippen molar-refractivity contribution in [2.75, 3.05) is 0 Å². The standard InChI is InChI=1S/C11H13N3OS/c1-7(2)14-10(12-13-11(14)16)8-4-3-5-9(15)6-8/h3-7,15H,1-2H3,(H,13,16). The van der Waals surface area contributed by atoms with Crippen LogP contribution >= 0.6 is 12.2 Å². The molecule has 0 aliphatic heterocycles. The minimum atomic E-state index is 0.224. The number of phenols is 1. The molecule has 0 aliphatic rings.